The molecule has 0 aliphatic rings. The van der Waals surface area contributed by atoms with Crippen molar-refractivity contribution in [2.45, 2.75) is 29.9 Å². The molecule has 0 aliphatic heterocycles. The zero-order valence-corrected chi connectivity index (χ0v) is 13.2. The Morgan fingerprint density at radius 3 is 1.90 bits per heavy atom. The Morgan fingerprint density at radius 1 is 0.905 bits per heavy atom. The molecule has 0 bridgehead atoms. The summed E-state index contributed by atoms with van der Waals surface area (Å²) in [6.07, 6.45) is 0. The van der Waals surface area contributed by atoms with E-state index in [1.54, 1.807) is 30.3 Å². The molecule has 0 aliphatic carbocycles. The van der Waals surface area contributed by atoms with Crippen molar-refractivity contribution in [2.24, 2.45) is 5.73 Å². The van der Waals surface area contributed by atoms with Crippen LogP contribution in [0.5, 0.6) is 0 Å². The van der Waals surface area contributed by atoms with Gasteiger partial charge < -0.3 is 5.73 Å². The maximum absolute atomic E-state index is 12.7. The van der Waals surface area contributed by atoms with Gasteiger partial charge in [-0.2, -0.15) is 0 Å². The van der Waals surface area contributed by atoms with Gasteiger partial charge in [-0.1, -0.05) is 56.3 Å². The van der Waals surface area contributed by atoms with E-state index in [9.17, 15) is 8.42 Å². The molecule has 0 fully saturated rings. The standard InChI is InChI=1S/C17H21NO2S/c1-13(2)14-8-10-15(11-9-14)17(12-18)21(19,20)16-6-4-3-5-7-16/h3-11,13,17H,12,18H2,1-2H3/t17-/m1/s1. The minimum Gasteiger partial charge on any atom is -0.329 e. The van der Waals surface area contributed by atoms with Gasteiger partial charge in [-0.25, -0.2) is 8.42 Å². The van der Waals surface area contributed by atoms with E-state index in [-0.39, 0.29) is 6.54 Å². The fourth-order valence-corrected chi connectivity index (χ4v) is 3.95. The minimum absolute atomic E-state index is 0.0677. The maximum atomic E-state index is 12.7. The van der Waals surface area contributed by atoms with E-state index in [2.05, 4.69) is 13.8 Å². The highest BCUT2D eigenvalue weighted by atomic mass is 32.2. The average Bonchev–Trinajstić information content (AvgIpc) is 2.49. The quantitative estimate of drug-likeness (QED) is 0.922. The van der Waals surface area contributed by atoms with Gasteiger partial charge in [0.2, 0.25) is 0 Å². The normalized spacial score (nSPS) is 13.3. The lowest BCUT2D eigenvalue weighted by molar-refractivity contribution is 0.582. The molecule has 1 atom stereocenters. The first-order chi connectivity index (χ1) is 9.96. The lowest BCUT2D eigenvalue weighted by Crippen LogP contribution is -2.22. The van der Waals surface area contributed by atoms with Crippen molar-refractivity contribution >= 4 is 9.84 Å². The van der Waals surface area contributed by atoms with Gasteiger partial charge in [0.15, 0.2) is 9.84 Å². The number of nitrogens with two attached hydrogens (primary N) is 1. The van der Waals surface area contributed by atoms with Gasteiger partial charge in [-0.05, 0) is 29.2 Å². The molecule has 0 unspecified atom stereocenters. The molecule has 0 saturated heterocycles. The van der Waals surface area contributed by atoms with Crippen molar-refractivity contribution in [1.29, 1.82) is 0 Å². The van der Waals surface area contributed by atoms with E-state index in [1.165, 1.54) is 5.56 Å². The van der Waals surface area contributed by atoms with E-state index in [1.807, 2.05) is 24.3 Å². The molecule has 2 N–H and O–H groups in total. The van der Waals surface area contributed by atoms with Crippen LogP contribution in [-0.2, 0) is 9.84 Å². The summed E-state index contributed by atoms with van der Waals surface area (Å²) >= 11 is 0. The summed E-state index contributed by atoms with van der Waals surface area (Å²) in [4.78, 5) is 0.313. The zero-order chi connectivity index (χ0) is 15.5. The minimum atomic E-state index is -3.46. The third kappa shape index (κ3) is 3.34. The number of hydrogen-bond acceptors (Lipinski definition) is 3. The number of hydrogen-bond donors (Lipinski definition) is 1. The van der Waals surface area contributed by atoms with Crippen molar-refractivity contribution in [3.63, 3.8) is 0 Å². The molecule has 2 aromatic carbocycles. The molecule has 21 heavy (non-hydrogen) atoms. The van der Waals surface area contributed by atoms with Crippen molar-refractivity contribution in [3.8, 4) is 0 Å². The highest BCUT2D eigenvalue weighted by molar-refractivity contribution is 7.91. The fraction of sp³-hybridized carbons (Fsp3) is 0.294. The molecular formula is C17H21NO2S. The zero-order valence-electron chi connectivity index (χ0n) is 12.4. The second-order valence-corrected chi connectivity index (χ2v) is 7.53. The lowest BCUT2D eigenvalue weighted by Gasteiger charge is -2.17. The highest BCUT2D eigenvalue weighted by Gasteiger charge is 2.27. The molecule has 0 amide bonds. The predicted octanol–water partition coefficient (Wildman–Crippen LogP) is 3.28. The summed E-state index contributed by atoms with van der Waals surface area (Å²) in [5, 5.41) is -0.707. The molecular weight excluding hydrogens is 282 g/mol. The van der Waals surface area contributed by atoms with Crippen LogP contribution in [0, 0.1) is 0 Å². The summed E-state index contributed by atoms with van der Waals surface area (Å²) in [5.41, 5.74) is 7.68. The van der Waals surface area contributed by atoms with Crippen molar-refractivity contribution in [1.82, 2.24) is 0 Å². The van der Waals surface area contributed by atoms with Gasteiger partial charge in [0.1, 0.15) is 5.25 Å². The Balaban J connectivity index is 2.40. The Hall–Kier alpha value is -1.65. The molecule has 0 radical (unpaired) electrons. The molecule has 3 nitrogen and oxygen atoms in total. The van der Waals surface area contributed by atoms with E-state index < -0.39 is 15.1 Å². The van der Waals surface area contributed by atoms with Crippen LogP contribution in [0.1, 0.15) is 36.1 Å². The smallest absolute Gasteiger partial charge is 0.186 e. The Labute approximate surface area is 126 Å². The molecule has 2 aromatic rings. The summed E-state index contributed by atoms with van der Waals surface area (Å²) in [5.74, 6) is 0.418. The van der Waals surface area contributed by atoms with Crippen LogP contribution in [-0.4, -0.2) is 15.0 Å². The molecule has 112 valence electrons. The van der Waals surface area contributed by atoms with Crippen LogP contribution in [0.25, 0.3) is 0 Å². The first-order valence-electron chi connectivity index (χ1n) is 7.05. The van der Waals surface area contributed by atoms with Crippen molar-refractivity contribution in [2.75, 3.05) is 6.54 Å². The van der Waals surface area contributed by atoms with Crippen LogP contribution in [0.15, 0.2) is 59.5 Å². The van der Waals surface area contributed by atoms with Crippen LogP contribution >= 0.6 is 0 Å². The molecule has 0 spiro atoms. The largest absolute Gasteiger partial charge is 0.329 e. The lowest BCUT2D eigenvalue weighted by atomic mass is 10.0. The van der Waals surface area contributed by atoms with Gasteiger partial charge in [0, 0.05) is 6.54 Å². The summed E-state index contributed by atoms with van der Waals surface area (Å²) in [7, 11) is -3.46. The summed E-state index contributed by atoms with van der Waals surface area (Å²) in [6.45, 7) is 4.28. The number of sulfone groups is 1. The van der Waals surface area contributed by atoms with E-state index in [0.29, 0.717) is 10.8 Å². The molecule has 0 saturated carbocycles. The maximum Gasteiger partial charge on any atom is 0.186 e. The first kappa shape index (κ1) is 15.7. The van der Waals surface area contributed by atoms with Crippen LogP contribution in [0.3, 0.4) is 0 Å². The second-order valence-electron chi connectivity index (χ2n) is 5.40. The SMILES string of the molecule is CC(C)c1ccc([C@@H](CN)S(=O)(=O)c2ccccc2)cc1. The van der Waals surface area contributed by atoms with Crippen molar-refractivity contribution < 1.29 is 8.42 Å². The number of rotatable bonds is 5. The monoisotopic (exact) mass is 303 g/mol. The summed E-state index contributed by atoms with van der Waals surface area (Å²) in [6, 6.07) is 16.2. The molecule has 0 aromatic heterocycles. The van der Waals surface area contributed by atoms with Crippen molar-refractivity contribution in [3.05, 3.63) is 65.7 Å². The van der Waals surface area contributed by atoms with Crippen LogP contribution in [0.4, 0.5) is 0 Å². The van der Waals surface area contributed by atoms with E-state index >= 15 is 0 Å². The second kappa shape index (κ2) is 6.41. The van der Waals surface area contributed by atoms with Crippen LogP contribution in [0.2, 0.25) is 0 Å². The third-order valence-electron chi connectivity index (χ3n) is 3.64. The van der Waals surface area contributed by atoms with Gasteiger partial charge >= 0.3 is 0 Å². The number of benzene rings is 2. The predicted molar refractivity (Wildman–Crippen MR) is 86.0 cm³/mol. The van der Waals surface area contributed by atoms with Gasteiger partial charge in [-0.3, -0.25) is 0 Å². The fourth-order valence-electron chi connectivity index (χ4n) is 2.31. The third-order valence-corrected chi connectivity index (χ3v) is 5.78. The average molecular weight is 303 g/mol. The Bertz CT molecular complexity index is 676. The van der Waals surface area contributed by atoms with Gasteiger partial charge in [-0.15, -0.1) is 0 Å². The van der Waals surface area contributed by atoms with E-state index in [4.69, 9.17) is 5.73 Å². The van der Waals surface area contributed by atoms with E-state index in [0.717, 1.165) is 5.56 Å². The molecule has 0 heterocycles. The molecule has 2 rings (SSSR count). The summed E-state index contributed by atoms with van der Waals surface area (Å²) < 4.78 is 25.4. The highest BCUT2D eigenvalue weighted by Crippen LogP contribution is 2.29. The Kier molecular flexibility index (Phi) is 4.80. The Morgan fingerprint density at radius 2 is 1.43 bits per heavy atom. The first-order valence-corrected chi connectivity index (χ1v) is 8.60. The molecule has 4 heteroatoms. The van der Waals surface area contributed by atoms with Gasteiger partial charge in [0.25, 0.3) is 0 Å². The topological polar surface area (TPSA) is 60.2 Å². The van der Waals surface area contributed by atoms with Gasteiger partial charge in [0.05, 0.1) is 4.90 Å². The van der Waals surface area contributed by atoms with Crippen LogP contribution < -0.4 is 5.73 Å².